The lowest BCUT2D eigenvalue weighted by molar-refractivity contribution is -0.126. The van der Waals surface area contributed by atoms with Gasteiger partial charge in [-0.2, -0.15) is 0 Å². The van der Waals surface area contributed by atoms with Gasteiger partial charge in [0.25, 0.3) is 0 Å². The lowest BCUT2D eigenvalue weighted by Crippen LogP contribution is -2.61. The van der Waals surface area contributed by atoms with Gasteiger partial charge in [-0.15, -0.1) is 0 Å². The normalized spacial score (nSPS) is 67.0. The van der Waals surface area contributed by atoms with Crippen LogP contribution in [0.3, 0.4) is 0 Å². The zero-order valence-electron chi connectivity index (χ0n) is 11.6. The van der Waals surface area contributed by atoms with Crippen LogP contribution in [-0.2, 0) is 5.41 Å². The van der Waals surface area contributed by atoms with Gasteiger partial charge in [-0.3, -0.25) is 0 Å². The Hall–Kier alpha value is -0.860. The Balaban J connectivity index is 1.66. The van der Waals surface area contributed by atoms with Crippen LogP contribution in [-0.4, -0.2) is 22.4 Å². The van der Waals surface area contributed by atoms with Gasteiger partial charge in [0.15, 0.2) is 0 Å². The Morgan fingerprint density at radius 3 is 2.45 bits per heavy atom. The zero-order valence-corrected chi connectivity index (χ0v) is 11.6. The van der Waals surface area contributed by atoms with Crippen LogP contribution in [0.2, 0.25) is 0 Å². The first kappa shape index (κ1) is 10.8. The summed E-state index contributed by atoms with van der Waals surface area (Å²) in [6, 6.07) is 10.9. The molecule has 2 bridgehead atoms. The monoisotopic (exact) mass is 268 g/mol. The van der Waals surface area contributed by atoms with E-state index >= 15 is 0 Å². The molecule has 0 radical (unpaired) electrons. The van der Waals surface area contributed by atoms with Gasteiger partial charge in [0.1, 0.15) is 0 Å². The van der Waals surface area contributed by atoms with Crippen molar-refractivity contribution in [3.63, 3.8) is 0 Å². The highest BCUT2D eigenvalue weighted by molar-refractivity contribution is 5.50. The highest BCUT2D eigenvalue weighted by Gasteiger charge is 2.93. The van der Waals surface area contributed by atoms with E-state index in [2.05, 4.69) is 37.3 Å². The summed E-state index contributed by atoms with van der Waals surface area (Å²) in [6.45, 7) is 2.40. The fourth-order valence-corrected chi connectivity index (χ4v) is 8.43. The maximum absolute atomic E-state index is 10.9. The average Bonchev–Trinajstić information content (AvgIpc) is 2.84. The highest BCUT2D eigenvalue weighted by atomic mass is 16.3. The van der Waals surface area contributed by atoms with E-state index in [1.54, 1.807) is 0 Å². The fraction of sp³-hybridized carbons (Fsp3) is 0.667. The van der Waals surface area contributed by atoms with E-state index in [0.29, 0.717) is 35.5 Å². The average molecular weight is 268 g/mol. The van der Waals surface area contributed by atoms with Gasteiger partial charge >= 0.3 is 0 Å². The number of benzene rings is 1. The molecule has 6 rings (SSSR count). The Morgan fingerprint density at radius 1 is 1.00 bits per heavy atom. The second-order valence-electron chi connectivity index (χ2n) is 8.28. The van der Waals surface area contributed by atoms with E-state index in [1.165, 1.54) is 12.0 Å². The lowest BCUT2D eigenvalue weighted by atomic mass is 9.44. The van der Waals surface area contributed by atoms with Gasteiger partial charge in [0.05, 0.1) is 12.2 Å². The Labute approximate surface area is 118 Å². The maximum atomic E-state index is 10.9. The van der Waals surface area contributed by atoms with Crippen molar-refractivity contribution in [3.05, 3.63) is 35.9 Å². The first-order valence-electron chi connectivity index (χ1n) is 8.05. The largest absolute Gasteiger partial charge is 0.392 e. The number of fused-ring (bicyclic) bond motifs is 2. The van der Waals surface area contributed by atoms with Gasteiger partial charge in [-0.05, 0) is 47.0 Å². The van der Waals surface area contributed by atoms with Gasteiger partial charge in [0.2, 0.25) is 0 Å². The van der Waals surface area contributed by atoms with E-state index in [4.69, 9.17) is 0 Å². The summed E-state index contributed by atoms with van der Waals surface area (Å²) in [5, 5.41) is 21.6. The minimum atomic E-state index is -0.167. The van der Waals surface area contributed by atoms with Crippen LogP contribution in [0, 0.1) is 40.9 Å². The fourth-order valence-electron chi connectivity index (χ4n) is 8.43. The van der Waals surface area contributed by atoms with Crippen LogP contribution in [0.1, 0.15) is 18.9 Å². The zero-order chi connectivity index (χ0) is 13.4. The Morgan fingerprint density at radius 2 is 1.70 bits per heavy atom. The molecule has 10 atom stereocenters. The van der Waals surface area contributed by atoms with Crippen LogP contribution < -0.4 is 0 Å². The molecule has 0 saturated heterocycles. The Kier molecular flexibility index (Phi) is 1.48. The molecule has 5 aliphatic carbocycles. The van der Waals surface area contributed by atoms with Crippen molar-refractivity contribution in [2.45, 2.75) is 31.0 Å². The van der Waals surface area contributed by atoms with Crippen molar-refractivity contribution in [1.29, 1.82) is 0 Å². The topological polar surface area (TPSA) is 40.5 Å². The van der Waals surface area contributed by atoms with Gasteiger partial charge < -0.3 is 10.2 Å². The third-order valence-electron chi connectivity index (χ3n) is 8.29. The number of rotatable bonds is 1. The van der Waals surface area contributed by atoms with Gasteiger partial charge in [-0.1, -0.05) is 37.3 Å². The summed E-state index contributed by atoms with van der Waals surface area (Å²) < 4.78 is 0. The summed E-state index contributed by atoms with van der Waals surface area (Å²) in [5.74, 6) is 2.63. The number of hydrogen-bond donors (Lipinski definition) is 2. The van der Waals surface area contributed by atoms with Crippen molar-refractivity contribution in [3.8, 4) is 0 Å². The van der Waals surface area contributed by atoms with E-state index in [9.17, 15) is 10.2 Å². The molecule has 0 spiro atoms. The first-order chi connectivity index (χ1) is 9.63. The number of aliphatic hydroxyl groups excluding tert-OH is 2. The standard InChI is InChI=1S/C18H20O2/c1-17-7-9-10-12(17)15(20)11-13(14(10)19)18(9,16(11)17)8-5-3-2-4-6-8/h2-6,9-16,19-20H,7H2,1H3. The van der Waals surface area contributed by atoms with Crippen LogP contribution in [0.4, 0.5) is 0 Å². The molecule has 2 heteroatoms. The smallest absolute Gasteiger partial charge is 0.0615 e. The predicted octanol–water partition coefficient (Wildman–Crippen LogP) is 1.81. The van der Waals surface area contributed by atoms with Gasteiger partial charge in [-0.25, -0.2) is 0 Å². The molecule has 2 nitrogen and oxygen atoms in total. The van der Waals surface area contributed by atoms with Crippen LogP contribution in [0.15, 0.2) is 30.3 Å². The van der Waals surface area contributed by atoms with E-state index in [0.717, 1.165) is 0 Å². The molecule has 5 saturated carbocycles. The first-order valence-corrected chi connectivity index (χ1v) is 8.05. The summed E-state index contributed by atoms with van der Waals surface area (Å²) in [6.07, 6.45) is 0.912. The molecule has 20 heavy (non-hydrogen) atoms. The lowest BCUT2D eigenvalue weighted by Gasteiger charge is -2.59. The third kappa shape index (κ3) is 0.695. The minimum Gasteiger partial charge on any atom is -0.392 e. The van der Waals surface area contributed by atoms with E-state index in [-0.39, 0.29) is 23.0 Å². The molecule has 0 aromatic heterocycles. The molecule has 5 fully saturated rings. The van der Waals surface area contributed by atoms with E-state index < -0.39 is 0 Å². The third-order valence-corrected chi connectivity index (χ3v) is 8.29. The summed E-state index contributed by atoms with van der Waals surface area (Å²) in [5.41, 5.74) is 1.91. The molecule has 104 valence electrons. The molecule has 1 aromatic carbocycles. The second kappa shape index (κ2) is 2.74. The predicted molar refractivity (Wildman–Crippen MR) is 73.8 cm³/mol. The molecule has 0 amide bonds. The molecular formula is C18H20O2. The Bertz CT molecular complexity index is 624. The van der Waals surface area contributed by atoms with Crippen molar-refractivity contribution in [1.82, 2.24) is 0 Å². The molecule has 2 N–H and O–H groups in total. The van der Waals surface area contributed by atoms with Crippen molar-refractivity contribution >= 4 is 0 Å². The number of aliphatic hydroxyl groups is 2. The van der Waals surface area contributed by atoms with E-state index in [1.807, 2.05) is 0 Å². The molecule has 0 aliphatic heterocycles. The van der Waals surface area contributed by atoms with Crippen molar-refractivity contribution in [2.75, 3.05) is 0 Å². The molecule has 5 aliphatic rings. The highest BCUT2D eigenvalue weighted by Crippen LogP contribution is 2.91. The molecular weight excluding hydrogens is 248 g/mol. The van der Waals surface area contributed by atoms with Gasteiger partial charge in [0, 0.05) is 11.3 Å². The quantitative estimate of drug-likeness (QED) is 0.815. The van der Waals surface area contributed by atoms with Crippen molar-refractivity contribution in [2.24, 2.45) is 40.9 Å². The van der Waals surface area contributed by atoms with Crippen LogP contribution in [0.25, 0.3) is 0 Å². The van der Waals surface area contributed by atoms with Crippen LogP contribution in [0.5, 0.6) is 0 Å². The SMILES string of the molecule is CC12CC3C4C(O)C5C(C(O)C41)C2C35c1ccccc1. The molecule has 1 aromatic rings. The summed E-state index contributed by atoms with van der Waals surface area (Å²) in [4.78, 5) is 0. The van der Waals surface area contributed by atoms with Crippen LogP contribution >= 0.6 is 0 Å². The number of hydrogen-bond acceptors (Lipinski definition) is 2. The summed E-state index contributed by atoms with van der Waals surface area (Å²) >= 11 is 0. The maximum Gasteiger partial charge on any atom is 0.0615 e. The molecule has 0 heterocycles. The minimum absolute atomic E-state index is 0.146. The molecule has 10 unspecified atom stereocenters. The second-order valence-corrected chi connectivity index (χ2v) is 8.28. The summed E-state index contributed by atoms with van der Waals surface area (Å²) in [7, 11) is 0. The van der Waals surface area contributed by atoms with Crippen molar-refractivity contribution < 1.29 is 10.2 Å².